The first-order valence-corrected chi connectivity index (χ1v) is 6.62. The maximum Gasteiger partial charge on any atom is 0.308 e. The van der Waals surface area contributed by atoms with E-state index in [0.717, 1.165) is 22.5 Å². The van der Waals surface area contributed by atoms with Crippen molar-refractivity contribution in [2.75, 3.05) is 7.11 Å². The highest BCUT2D eigenvalue weighted by molar-refractivity contribution is 5.80. The molecule has 0 aliphatic rings. The molecule has 4 nitrogen and oxygen atoms in total. The second-order valence-electron chi connectivity index (χ2n) is 4.64. The summed E-state index contributed by atoms with van der Waals surface area (Å²) < 4.78 is 12.7. The molecule has 0 bridgehead atoms. The molecular formula is C17H15NO3. The SMILES string of the molecule is COc1ccccc1-c1cc(OC(C)=O)c2ccccn12. The van der Waals surface area contributed by atoms with E-state index in [4.69, 9.17) is 9.47 Å². The Bertz CT molecular complexity index is 805. The summed E-state index contributed by atoms with van der Waals surface area (Å²) in [4.78, 5) is 11.3. The van der Waals surface area contributed by atoms with E-state index in [9.17, 15) is 4.79 Å². The van der Waals surface area contributed by atoms with Gasteiger partial charge in [-0.25, -0.2) is 0 Å². The van der Waals surface area contributed by atoms with Crippen molar-refractivity contribution in [1.29, 1.82) is 0 Å². The van der Waals surface area contributed by atoms with Crippen molar-refractivity contribution in [3.8, 4) is 22.8 Å². The van der Waals surface area contributed by atoms with Crippen LogP contribution in [-0.2, 0) is 4.79 Å². The van der Waals surface area contributed by atoms with Crippen LogP contribution < -0.4 is 9.47 Å². The lowest BCUT2D eigenvalue weighted by molar-refractivity contribution is -0.131. The quantitative estimate of drug-likeness (QED) is 0.689. The zero-order valence-electron chi connectivity index (χ0n) is 11.9. The van der Waals surface area contributed by atoms with E-state index in [1.165, 1.54) is 6.92 Å². The molecule has 0 radical (unpaired) electrons. The van der Waals surface area contributed by atoms with E-state index in [1.54, 1.807) is 7.11 Å². The van der Waals surface area contributed by atoms with Gasteiger partial charge in [-0.3, -0.25) is 4.79 Å². The normalized spacial score (nSPS) is 10.6. The number of para-hydroxylation sites is 1. The fourth-order valence-electron chi connectivity index (χ4n) is 2.42. The molecule has 0 atom stereocenters. The van der Waals surface area contributed by atoms with Crippen LogP contribution in [0.1, 0.15) is 6.92 Å². The third-order valence-electron chi connectivity index (χ3n) is 3.28. The van der Waals surface area contributed by atoms with Crippen LogP contribution >= 0.6 is 0 Å². The van der Waals surface area contributed by atoms with E-state index >= 15 is 0 Å². The maximum atomic E-state index is 11.3. The Morgan fingerprint density at radius 3 is 2.57 bits per heavy atom. The van der Waals surface area contributed by atoms with Crippen molar-refractivity contribution in [3.05, 3.63) is 54.7 Å². The summed E-state index contributed by atoms with van der Waals surface area (Å²) in [6, 6.07) is 15.4. The second kappa shape index (κ2) is 5.32. The number of pyridine rings is 1. The minimum Gasteiger partial charge on any atom is -0.496 e. The smallest absolute Gasteiger partial charge is 0.308 e. The molecule has 0 fully saturated rings. The van der Waals surface area contributed by atoms with Gasteiger partial charge in [-0.05, 0) is 24.3 Å². The molecule has 2 heterocycles. The molecule has 0 unspecified atom stereocenters. The van der Waals surface area contributed by atoms with Gasteiger partial charge in [0.2, 0.25) is 0 Å². The average molecular weight is 281 g/mol. The highest BCUT2D eigenvalue weighted by Crippen LogP contribution is 2.35. The number of hydrogen-bond donors (Lipinski definition) is 0. The molecule has 0 aliphatic heterocycles. The number of esters is 1. The fraction of sp³-hybridized carbons (Fsp3) is 0.118. The molecule has 0 N–H and O–H groups in total. The molecule has 4 heteroatoms. The summed E-state index contributed by atoms with van der Waals surface area (Å²) in [5.74, 6) is 0.983. The van der Waals surface area contributed by atoms with Crippen molar-refractivity contribution in [3.63, 3.8) is 0 Å². The predicted molar refractivity (Wildman–Crippen MR) is 80.7 cm³/mol. The molecule has 3 aromatic rings. The molecule has 0 spiro atoms. The number of methoxy groups -OCH3 is 1. The van der Waals surface area contributed by atoms with Gasteiger partial charge in [-0.1, -0.05) is 18.2 Å². The minimum atomic E-state index is -0.335. The first kappa shape index (κ1) is 13.2. The van der Waals surface area contributed by atoms with Gasteiger partial charge in [0.15, 0.2) is 5.75 Å². The summed E-state index contributed by atoms with van der Waals surface area (Å²) in [5, 5.41) is 0. The third-order valence-corrected chi connectivity index (χ3v) is 3.28. The zero-order chi connectivity index (χ0) is 14.8. The van der Waals surface area contributed by atoms with Gasteiger partial charge in [-0.15, -0.1) is 0 Å². The first-order chi connectivity index (χ1) is 10.2. The van der Waals surface area contributed by atoms with Gasteiger partial charge in [0.1, 0.15) is 5.75 Å². The van der Waals surface area contributed by atoms with E-state index in [0.29, 0.717) is 5.75 Å². The highest BCUT2D eigenvalue weighted by atomic mass is 16.5. The number of benzene rings is 1. The Morgan fingerprint density at radius 2 is 1.81 bits per heavy atom. The number of aromatic nitrogens is 1. The van der Waals surface area contributed by atoms with Gasteiger partial charge in [0.25, 0.3) is 0 Å². The van der Waals surface area contributed by atoms with E-state index < -0.39 is 0 Å². The molecule has 21 heavy (non-hydrogen) atoms. The Kier molecular flexibility index (Phi) is 3.36. The molecular weight excluding hydrogens is 266 g/mol. The van der Waals surface area contributed by atoms with Crippen molar-refractivity contribution in [2.45, 2.75) is 6.92 Å². The monoisotopic (exact) mass is 281 g/mol. The Balaban J connectivity index is 2.25. The van der Waals surface area contributed by atoms with E-state index in [2.05, 4.69) is 0 Å². The van der Waals surface area contributed by atoms with Gasteiger partial charge in [0.05, 0.1) is 18.3 Å². The number of fused-ring (bicyclic) bond motifs is 1. The first-order valence-electron chi connectivity index (χ1n) is 6.62. The van der Waals surface area contributed by atoms with Crippen molar-refractivity contribution in [2.24, 2.45) is 0 Å². The number of ether oxygens (including phenoxy) is 2. The Hall–Kier alpha value is -2.75. The lowest BCUT2D eigenvalue weighted by atomic mass is 10.1. The van der Waals surface area contributed by atoms with Crippen molar-refractivity contribution in [1.82, 2.24) is 4.40 Å². The number of carbonyl (C=O) groups is 1. The topological polar surface area (TPSA) is 39.9 Å². The van der Waals surface area contributed by atoms with Gasteiger partial charge in [-0.2, -0.15) is 0 Å². The molecule has 106 valence electrons. The van der Waals surface area contributed by atoms with Crippen LogP contribution in [0.2, 0.25) is 0 Å². The second-order valence-corrected chi connectivity index (χ2v) is 4.64. The van der Waals surface area contributed by atoms with Crippen LogP contribution in [0.5, 0.6) is 11.5 Å². The predicted octanol–water partition coefficient (Wildman–Crippen LogP) is 3.54. The minimum absolute atomic E-state index is 0.335. The molecule has 0 amide bonds. The number of carbonyl (C=O) groups excluding carboxylic acids is 1. The van der Waals surface area contributed by atoms with Crippen LogP contribution in [0.4, 0.5) is 0 Å². The Labute approximate surface area is 122 Å². The van der Waals surface area contributed by atoms with E-state index in [-0.39, 0.29) is 5.97 Å². The summed E-state index contributed by atoms with van der Waals surface area (Å²) >= 11 is 0. The molecule has 0 aliphatic carbocycles. The van der Waals surface area contributed by atoms with Crippen LogP contribution in [-0.4, -0.2) is 17.5 Å². The average Bonchev–Trinajstić information content (AvgIpc) is 2.85. The number of nitrogens with zero attached hydrogens (tertiary/aromatic N) is 1. The lowest BCUT2D eigenvalue weighted by Gasteiger charge is -2.08. The van der Waals surface area contributed by atoms with Gasteiger partial charge < -0.3 is 13.9 Å². The van der Waals surface area contributed by atoms with Crippen molar-refractivity contribution < 1.29 is 14.3 Å². The number of rotatable bonds is 3. The zero-order valence-corrected chi connectivity index (χ0v) is 11.9. The highest BCUT2D eigenvalue weighted by Gasteiger charge is 2.15. The number of hydrogen-bond acceptors (Lipinski definition) is 3. The van der Waals surface area contributed by atoms with Gasteiger partial charge in [0, 0.05) is 24.8 Å². The van der Waals surface area contributed by atoms with Crippen LogP contribution in [0.3, 0.4) is 0 Å². The van der Waals surface area contributed by atoms with Crippen LogP contribution in [0.15, 0.2) is 54.7 Å². The van der Waals surface area contributed by atoms with Crippen LogP contribution in [0.25, 0.3) is 16.8 Å². The summed E-state index contributed by atoms with van der Waals surface area (Å²) in [7, 11) is 1.64. The van der Waals surface area contributed by atoms with Crippen LogP contribution in [0, 0.1) is 0 Å². The molecule has 3 rings (SSSR count). The van der Waals surface area contributed by atoms with Gasteiger partial charge >= 0.3 is 5.97 Å². The lowest BCUT2D eigenvalue weighted by Crippen LogP contribution is -2.00. The fourth-order valence-corrected chi connectivity index (χ4v) is 2.42. The summed E-state index contributed by atoms with van der Waals surface area (Å²) in [6.45, 7) is 1.40. The Morgan fingerprint density at radius 1 is 1.05 bits per heavy atom. The van der Waals surface area contributed by atoms with E-state index in [1.807, 2.05) is 59.1 Å². The third kappa shape index (κ3) is 2.36. The molecule has 0 saturated heterocycles. The summed E-state index contributed by atoms with van der Waals surface area (Å²) in [5.41, 5.74) is 2.70. The summed E-state index contributed by atoms with van der Waals surface area (Å²) in [6.07, 6.45) is 1.93. The standard InChI is InChI=1S/C17H15NO3/c1-12(19)21-17-11-15(18-10-6-5-8-14(17)18)13-7-3-4-9-16(13)20-2/h3-11H,1-2H3. The largest absolute Gasteiger partial charge is 0.496 e. The molecule has 2 aromatic heterocycles. The molecule has 0 saturated carbocycles. The van der Waals surface area contributed by atoms with Crippen molar-refractivity contribution >= 4 is 11.5 Å². The maximum absolute atomic E-state index is 11.3. The molecule has 1 aromatic carbocycles.